The van der Waals surface area contributed by atoms with Crippen LogP contribution in [0.4, 0.5) is 0 Å². The van der Waals surface area contributed by atoms with E-state index in [0.29, 0.717) is 6.61 Å². The van der Waals surface area contributed by atoms with Gasteiger partial charge in [0.25, 0.3) is 0 Å². The van der Waals surface area contributed by atoms with Gasteiger partial charge in [-0.2, -0.15) is 18.2 Å². The van der Waals surface area contributed by atoms with Crippen molar-refractivity contribution >= 4 is 24.4 Å². The third kappa shape index (κ3) is 33.2. The van der Waals surface area contributed by atoms with Crippen molar-refractivity contribution in [2.45, 2.75) is 96.8 Å². The number of hydrogen-bond acceptors (Lipinski definition) is 1. The standard InChI is InChI=1S/C16H34O.C5H5.2BrH.Zr/c1-2-3-4-5-6-7-8-9-10-11-12-13-14-15-16-17;1-2-4-5-3-1;;;/h17H,2-16H2,1H3;1-5H;2*1H;/q;-1;;;+2/p-2. The van der Waals surface area contributed by atoms with E-state index in [0.717, 1.165) is 6.42 Å². The second-order valence-electron chi connectivity index (χ2n) is 6.35. The summed E-state index contributed by atoms with van der Waals surface area (Å²) in [5, 5.41) is 8.64. The molecule has 1 nitrogen and oxygen atoms in total. The summed E-state index contributed by atoms with van der Waals surface area (Å²) in [5.41, 5.74) is 0. The van der Waals surface area contributed by atoms with Gasteiger partial charge in [-0.25, -0.2) is 12.1 Å². The van der Waals surface area contributed by atoms with E-state index in [4.69, 9.17) is 5.11 Å². The zero-order valence-corrected chi connectivity index (χ0v) is 21.8. The summed E-state index contributed by atoms with van der Waals surface area (Å²) in [6.07, 6.45) is 19.2. The van der Waals surface area contributed by atoms with E-state index in [1.54, 1.807) is 0 Å². The molecule has 1 aromatic carbocycles. The van der Waals surface area contributed by atoms with Crippen molar-refractivity contribution in [1.82, 2.24) is 0 Å². The minimum Gasteiger partial charge on any atom is -0.214 e. The first-order valence-electron chi connectivity index (χ1n) is 10.1. The second-order valence-corrected chi connectivity index (χ2v) is 17.7. The van der Waals surface area contributed by atoms with Crippen LogP contribution in [0, 0.1) is 0 Å². The molecule has 0 aromatic heterocycles. The van der Waals surface area contributed by atoms with Crippen LogP contribution in [0.25, 0.3) is 0 Å². The Labute approximate surface area is 180 Å². The first-order valence-corrected chi connectivity index (χ1v) is 21.3. The summed E-state index contributed by atoms with van der Waals surface area (Å²) in [5.74, 6) is 0. The van der Waals surface area contributed by atoms with Crippen molar-refractivity contribution in [2.75, 3.05) is 6.61 Å². The topological polar surface area (TPSA) is 20.2 Å². The average Bonchev–Trinajstić information content (AvgIpc) is 3.20. The monoisotopic (exact) mass is 555 g/mol. The Morgan fingerprint density at radius 2 is 1.00 bits per heavy atom. The van der Waals surface area contributed by atoms with E-state index in [-0.39, 0.29) is 18.5 Å². The number of rotatable bonds is 14. The van der Waals surface area contributed by atoms with Gasteiger partial charge >= 0.3 is 43.0 Å². The minimum absolute atomic E-state index is 0.145. The van der Waals surface area contributed by atoms with E-state index < -0.39 is 0 Å². The Hall–Kier alpha value is 1.15. The van der Waals surface area contributed by atoms with Crippen molar-refractivity contribution < 1.29 is 23.6 Å². The van der Waals surface area contributed by atoms with E-state index in [2.05, 4.69) is 31.4 Å². The molecule has 0 aliphatic rings. The van der Waals surface area contributed by atoms with Gasteiger partial charge in [0.05, 0.1) is 0 Å². The fourth-order valence-corrected chi connectivity index (χ4v) is 2.63. The molecule has 25 heavy (non-hydrogen) atoms. The van der Waals surface area contributed by atoms with Crippen LogP contribution in [-0.2, 0) is 18.5 Å². The van der Waals surface area contributed by atoms with Gasteiger partial charge in [-0.1, -0.05) is 90.4 Å². The van der Waals surface area contributed by atoms with Crippen LogP contribution in [0.15, 0.2) is 30.3 Å². The van der Waals surface area contributed by atoms with Gasteiger partial charge in [-0.3, -0.25) is 0 Å². The molecule has 0 aliphatic heterocycles. The molecular formula is C21H39Br2OZr-. The maximum Gasteiger partial charge on any atom is -0.172 e. The molecule has 0 saturated heterocycles. The Morgan fingerprint density at radius 1 is 0.680 bits per heavy atom. The number of aliphatic hydroxyl groups is 1. The van der Waals surface area contributed by atoms with Crippen molar-refractivity contribution in [2.24, 2.45) is 0 Å². The van der Waals surface area contributed by atoms with Crippen LogP contribution in [0.3, 0.4) is 0 Å². The molecule has 0 bridgehead atoms. The molecule has 0 aliphatic carbocycles. The van der Waals surface area contributed by atoms with Crippen LogP contribution >= 0.6 is 24.4 Å². The zero-order valence-electron chi connectivity index (χ0n) is 16.2. The first kappa shape index (κ1) is 28.4. The summed E-state index contributed by atoms with van der Waals surface area (Å²) < 4.78 is 0. The van der Waals surface area contributed by atoms with Gasteiger partial charge in [0.15, 0.2) is 0 Å². The maximum absolute atomic E-state index is 8.64. The molecule has 1 aromatic rings. The minimum atomic E-state index is -0.145. The smallest absolute Gasteiger partial charge is 0.172 e. The zero-order chi connectivity index (χ0) is 18.8. The maximum atomic E-state index is 8.64. The molecule has 0 atom stereocenters. The van der Waals surface area contributed by atoms with E-state index in [9.17, 15) is 0 Å². The van der Waals surface area contributed by atoms with Gasteiger partial charge in [0.2, 0.25) is 0 Å². The Morgan fingerprint density at radius 3 is 1.24 bits per heavy atom. The van der Waals surface area contributed by atoms with Crippen molar-refractivity contribution in [3.63, 3.8) is 0 Å². The quantitative estimate of drug-likeness (QED) is 0.179. The van der Waals surface area contributed by atoms with Crippen molar-refractivity contribution in [1.29, 1.82) is 0 Å². The van der Waals surface area contributed by atoms with Gasteiger partial charge < -0.3 is 5.11 Å². The molecule has 0 fully saturated rings. The van der Waals surface area contributed by atoms with Crippen molar-refractivity contribution in [3.8, 4) is 0 Å². The summed E-state index contributed by atoms with van der Waals surface area (Å²) in [6.45, 7) is 2.65. The molecule has 1 rings (SSSR count). The summed E-state index contributed by atoms with van der Waals surface area (Å²) >= 11 is 6.32. The number of aliphatic hydroxyl groups excluding tert-OH is 1. The Balaban J connectivity index is 0. The Kier molecular flexibility index (Phi) is 33.9. The number of unbranched alkanes of at least 4 members (excludes halogenated alkanes) is 13. The van der Waals surface area contributed by atoms with Crippen LogP contribution in [0.2, 0.25) is 0 Å². The predicted octanol–water partition coefficient (Wildman–Crippen LogP) is 8.55. The third-order valence-electron chi connectivity index (χ3n) is 4.07. The summed E-state index contributed by atoms with van der Waals surface area (Å²) in [7, 11) is 0. The van der Waals surface area contributed by atoms with Crippen LogP contribution in [0.5, 0.6) is 0 Å². The average molecular weight is 559 g/mol. The third-order valence-corrected chi connectivity index (χ3v) is 4.07. The normalized spacial score (nSPS) is 9.60. The number of hydrogen-bond donors (Lipinski definition) is 1. The summed E-state index contributed by atoms with van der Waals surface area (Å²) in [4.78, 5) is 0. The largest absolute Gasteiger partial charge is 0.214 e. The Bertz CT molecular complexity index is 250. The predicted molar refractivity (Wildman–Crippen MR) is 117 cm³/mol. The van der Waals surface area contributed by atoms with Crippen molar-refractivity contribution in [3.05, 3.63) is 30.3 Å². The van der Waals surface area contributed by atoms with E-state index in [1.807, 2.05) is 30.3 Å². The van der Waals surface area contributed by atoms with E-state index >= 15 is 0 Å². The van der Waals surface area contributed by atoms with E-state index in [1.165, 1.54) is 83.5 Å². The van der Waals surface area contributed by atoms with Crippen LogP contribution < -0.4 is 0 Å². The van der Waals surface area contributed by atoms with Crippen LogP contribution in [-0.4, -0.2) is 11.7 Å². The molecule has 0 heterocycles. The van der Waals surface area contributed by atoms with Gasteiger partial charge in [-0.15, -0.1) is 0 Å². The molecule has 0 unspecified atom stereocenters. The molecule has 1 N–H and O–H groups in total. The molecular weight excluding hydrogens is 519 g/mol. The fraction of sp³-hybridized carbons (Fsp3) is 0.762. The molecule has 0 saturated carbocycles. The molecule has 0 spiro atoms. The summed E-state index contributed by atoms with van der Waals surface area (Å²) in [6, 6.07) is 10.0. The molecule has 148 valence electrons. The molecule has 0 radical (unpaired) electrons. The van der Waals surface area contributed by atoms with Crippen LogP contribution in [0.1, 0.15) is 96.8 Å². The van der Waals surface area contributed by atoms with Gasteiger partial charge in [-0.05, 0) is 6.42 Å². The fourth-order valence-electron chi connectivity index (χ4n) is 2.63. The first-order chi connectivity index (χ1) is 12.3. The molecule has 0 amide bonds. The van der Waals surface area contributed by atoms with Gasteiger partial charge in [0.1, 0.15) is 0 Å². The van der Waals surface area contributed by atoms with Gasteiger partial charge in [0, 0.05) is 6.61 Å². The SMILES string of the molecule is CCCCCCCCCCCCCCCCO.[Br][Zr][Br].c1cc[cH-]c1. The second kappa shape index (κ2) is 29.9. The molecule has 4 heteroatoms. The number of halogens is 2.